The van der Waals surface area contributed by atoms with Crippen molar-refractivity contribution in [2.75, 3.05) is 39.6 Å². The second kappa shape index (κ2) is 68.5. The lowest BCUT2D eigenvalue weighted by molar-refractivity contribution is -0.161. The highest BCUT2D eigenvalue weighted by Gasteiger charge is 2.30. The SMILES string of the molecule is CCCCCCCCCCCCCCCCCCCCCCC(=O)O[C@H](COC(=O)CCCCCCCCCCCCCC(C)C)COP(=O)(O)OC[C@@H](O)COP(=O)(O)OC[C@@H](COC(=O)CCCCCCCCCCC(C)C)OC(=O)CCCCCCCCCCC(C)CC. The number of aliphatic hydroxyl groups is 1. The van der Waals surface area contributed by atoms with E-state index < -0.39 is 97.5 Å². The number of unbranched alkanes of at least 4 members (excludes halogenated alkanes) is 43. The van der Waals surface area contributed by atoms with Crippen LogP contribution in [0.4, 0.5) is 0 Å². The van der Waals surface area contributed by atoms with E-state index in [1.54, 1.807) is 0 Å². The van der Waals surface area contributed by atoms with E-state index in [2.05, 4.69) is 48.5 Å². The van der Waals surface area contributed by atoms with Crippen LogP contribution in [0.2, 0.25) is 0 Å². The van der Waals surface area contributed by atoms with Gasteiger partial charge >= 0.3 is 39.5 Å². The van der Waals surface area contributed by atoms with E-state index in [4.69, 9.17) is 37.0 Å². The molecule has 0 aromatic heterocycles. The number of aliphatic hydroxyl groups excluding tert-OH is 1. The van der Waals surface area contributed by atoms with E-state index in [0.29, 0.717) is 25.7 Å². The summed E-state index contributed by atoms with van der Waals surface area (Å²) in [5.74, 6) is 0.149. The van der Waals surface area contributed by atoms with Crippen LogP contribution in [-0.2, 0) is 65.4 Å². The van der Waals surface area contributed by atoms with Crippen LogP contribution in [0, 0.1) is 17.8 Å². The van der Waals surface area contributed by atoms with Crippen molar-refractivity contribution in [2.45, 2.75) is 420 Å². The minimum Gasteiger partial charge on any atom is -0.462 e. The smallest absolute Gasteiger partial charge is 0.462 e. The minimum atomic E-state index is -4.96. The van der Waals surface area contributed by atoms with E-state index in [0.717, 1.165) is 108 Å². The molecular weight excluding hydrogens is 1270 g/mol. The molecule has 0 bridgehead atoms. The molecule has 0 aliphatic heterocycles. The summed E-state index contributed by atoms with van der Waals surface area (Å²) in [7, 11) is -9.92. The maximum atomic E-state index is 13.1. The number of rotatable bonds is 76. The standard InChI is InChI=1S/C78H152O17P2/c1-8-10-11-12-13-14-15-16-17-18-19-20-21-22-23-26-30-40-47-54-61-77(82)94-73(65-88-75(80)59-52-45-38-29-27-24-25-28-35-42-49-56-69(3)4)67-92-96(84,85)90-63-72(79)64-91-97(86,87)93-68-74(66-89-76(81)60-53-46-39-33-31-36-43-50-57-70(5)6)95-78(83)62-55-48-41-34-32-37-44-51-58-71(7)9-2/h69-74,79H,8-68H2,1-7H3,(H,84,85)(H,86,87)/t71?,72-,73-,74-/m1/s1. The van der Waals surface area contributed by atoms with Crippen LogP contribution in [0.5, 0.6) is 0 Å². The normalized spacial score (nSPS) is 14.3. The molecule has 0 saturated heterocycles. The molecule has 0 amide bonds. The van der Waals surface area contributed by atoms with Crippen molar-refractivity contribution in [1.29, 1.82) is 0 Å². The highest BCUT2D eigenvalue weighted by molar-refractivity contribution is 7.47. The highest BCUT2D eigenvalue weighted by atomic mass is 31.2. The van der Waals surface area contributed by atoms with E-state index in [9.17, 15) is 43.2 Å². The third-order valence-electron chi connectivity index (χ3n) is 18.5. The van der Waals surface area contributed by atoms with Gasteiger partial charge in [-0.1, -0.05) is 350 Å². The van der Waals surface area contributed by atoms with Crippen molar-refractivity contribution >= 4 is 39.5 Å². The van der Waals surface area contributed by atoms with Crippen LogP contribution < -0.4 is 0 Å². The van der Waals surface area contributed by atoms with Gasteiger partial charge < -0.3 is 33.8 Å². The zero-order valence-corrected chi connectivity index (χ0v) is 65.3. The fourth-order valence-electron chi connectivity index (χ4n) is 11.9. The number of hydrogen-bond acceptors (Lipinski definition) is 15. The number of phosphoric acid groups is 2. The number of hydrogen-bond donors (Lipinski definition) is 3. The monoisotopic (exact) mass is 1420 g/mol. The van der Waals surface area contributed by atoms with Crippen molar-refractivity contribution in [1.82, 2.24) is 0 Å². The van der Waals surface area contributed by atoms with Crippen LogP contribution in [0.25, 0.3) is 0 Å². The van der Waals surface area contributed by atoms with Gasteiger partial charge in [0.15, 0.2) is 12.2 Å². The molecule has 97 heavy (non-hydrogen) atoms. The molecule has 0 rings (SSSR count). The largest absolute Gasteiger partial charge is 0.472 e. The predicted octanol–water partition coefficient (Wildman–Crippen LogP) is 23.0. The van der Waals surface area contributed by atoms with Gasteiger partial charge in [-0.15, -0.1) is 0 Å². The second-order valence-electron chi connectivity index (χ2n) is 29.3. The Balaban J connectivity index is 5.23. The summed E-state index contributed by atoms with van der Waals surface area (Å²) in [6.45, 7) is 11.9. The first-order valence-corrected chi connectivity index (χ1v) is 43.4. The molecule has 0 spiro atoms. The number of carbonyl (C=O) groups excluding carboxylic acids is 4. The van der Waals surface area contributed by atoms with Crippen molar-refractivity contribution < 1.29 is 80.2 Å². The van der Waals surface area contributed by atoms with Crippen LogP contribution >= 0.6 is 15.6 Å². The van der Waals surface area contributed by atoms with E-state index >= 15 is 0 Å². The fraction of sp³-hybridized carbons (Fsp3) is 0.949. The van der Waals surface area contributed by atoms with Crippen molar-refractivity contribution in [3.63, 3.8) is 0 Å². The fourth-order valence-corrected chi connectivity index (χ4v) is 13.5. The van der Waals surface area contributed by atoms with Gasteiger partial charge in [-0.25, -0.2) is 9.13 Å². The van der Waals surface area contributed by atoms with Gasteiger partial charge in [0, 0.05) is 25.7 Å². The van der Waals surface area contributed by atoms with Crippen LogP contribution in [0.3, 0.4) is 0 Å². The number of carbonyl (C=O) groups is 4. The molecule has 19 heteroatoms. The zero-order valence-electron chi connectivity index (χ0n) is 63.5. The van der Waals surface area contributed by atoms with Gasteiger partial charge in [-0.2, -0.15) is 0 Å². The molecule has 0 radical (unpaired) electrons. The zero-order chi connectivity index (χ0) is 71.6. The van der Waals surface area contributed by atoms with Gasteiger partial charge in [0.2, 0.25) is 0 Å². The lowest BCUT2D eigenvalue weighted by Gasteiger charge is -2.21. The third-order valence-corrected chi connectivity index (χ3v) is 20.4. The molecule has 3 unspecified atom stereocenters. The van der Waals surface area contributed by atoms with Crippen molar-refractivity contribution in [2.24, 2.45) is 17.8 Å². The summed E-state index contributed by atoms with van der Waals surface area (Å²) in [5.41, 5.74) is 0. The number of ether oxygens (including phenoxy) is 4. The lowest BCUT2D eigenvalue weighted by Crippen LogP contribution is -2.30. The first-order chi connectivity index (χ1) is 46.8. The molecule has 0 fully saturated rings. The Morgan fingerprint density at radius 2 is 0.526 bits per heavy atom. The molecule has 0 aliphatic rings. The minimum absolute atomic E-state index is 0.104. The maximum absolute atomic E-state index is 13.1. The van der Waals surface area contributed by atoms with E-state index in [1.165, 1.54) is 212 Å². The quantitative estimate of drug-likeness (QED) is 0.0222. The molecule has 0 heterocycles. The summed E-state index contributed by atoms with van der Waals surface area (Å²) in [6, 6.07) is 0. The van der Waals surface area contributed by atoms with E-state index in [1.807, 2.05) is 0 Å². The van der Waals surface area contributed by atoms with E-state index in [-0.39, 0.29) is 25.7 Å². The molecule has 0 aromatic carbocycles. The van der Waals surface area contributed by atoms with Gasteiger partial charge in [0.25, 0.3) is 0 Å². The van der Waals surface area contributed by atoms with Gasteiger partial charge in [0.1, 0.15) is 19.3 Å². The van der Waals surface area contributed by atoms with Crippen LogP contribution in [0.15, 0.2) is 0 Å². The first-order valence-electron chi connectivity index (χ1n) is 40.4. The highest BCUT2D eigenvalue weighted by Crippen LogP contribution is 2.45. The topological polar surface area (TPSA) is 237 Å². The molecular formula is C78H152O17P2. The Bertz CT molecular complexity index is 1890. The summed E-state index contributed by atoms with van der Waals surface area (Å²) in [5, 5.41) is 10.6. The molecule has 576 valence electrons. The van der Waals surface area contributed by atoms with Gasteiger partial charge in [-0.3, -0.25) is 37.3 Å². The predicted molar refractivity (Wildman–Crippen MR) is 395 cm³/mol. The van der Waals surface area contributed by atoms with Crippen LogP contribution in [0.1, 0.15) is 402 Å². The Labute approximate surface area is 594 Å². The molecule has 6 atom stereocenters. The summed E-state index contributed by atoms with van der Waals surface area (Å²) < 4.78 is 68.6. The summed E-state index contributed by atoms with van der Waals surface area (Å²) in [6.07, 6.45) is 55.6. The Kier molecular flexibility index (Phi) is 67.1. The Hall–Kier alpha value is -1.94. The van der Waals surface area contributed by atoms with Crippen LogP contribution in [-0.4, -0.2) is 96.7 Å². The Morgan fingerprint density at radius 1 is 0.299 bits per heavy atom. The average Bonchev–Trinajstić information content (AvgIpc) is 1.13. The maximum Gasteiger partial charge on any atom is 0.472 e. The molecule has 0 aromatic rings. The summed E-state index contributed by atoms with van der Waals surface area (Å²) >= 11 is 0. The first kappa shape index (κ1) is 95.1. The second-order valence-corrected chi connectivity index (χ2v) is 32.2. The number of phosphoric ester groups is 2. The Morgan fingerprint density at radius 3 is 0.784 bits per heavy atom. The number of esters is 4. The molecule has 0 saturated carbocycles. The van der Waals surface area contributed by atoms with Gasteiger partial charge in [0.05, 0.1) is 26.4 Å². The lowest BCUT2D eigenvalue weighted by atomic mass is 9.99. The van der Waals surface area contributed by atoms with Crippen molar-refractivity contribution in [3.05, 3.63) is 0 Å². The average molecular weight is 1420 g/mol. The molecule has 3 N–H and O–H groups in total. The molecule has 17 nitrogen and oxygen atoms in total. The van der Waals surface area contributed by atoms with Crippen molar-refractivity contribution in [3.8, 4) is 0 Å². The molecule has 0 aliphatic carbocycles. The summed E-state index contributed by atoms with van der Waals surface area (Å²) in [4.78, 5) is 72.9. The van der Waals surface area contributed by atoms with Gasteiger partial charge in [-0.05, 0) is 43.4 Å². The third kappa shape index (κ3) is 70.9.